The molecular formula is C18H20N4O5. The van der Waals surface area contributed by atoms with Crippen molar-refractivity contribution in [1.29, 1.82) is 0 Å². The minimum atomic E-state index is -0.488. The number of piperazine rings is 1. The van der Waals surface area contributed by atoms with Gasteiger partial charge in [0.2, 0.25) is 5.91 Å². The van der Waals surface area contributed by atoms with Crippen molar-refractivity contribution < 1.29 is 18.9 Å². The first kappa shape index (κ1) is 18.6. The number of carbonyl (C=O) groups is 2. The van der Waals surface area contributed by atoms with E-state index in [1.165, 1.54) is 36.8 Å². The molecule has 1 aliphatic heterocycles. The van der Waals surface area contributed by atoms with Crippen LogP contribution in [0.3, 0.4) is 0 Å². The lowest BCUT2D eigenvalue weighted by Gasteiger charge is -2.37. The van der Waals surface area contributed by atoms with Crippen LogP contribution in [-0.2, 0) is 4.79 Å². The van der Waals surface area contributed by atoms with E-state index in [1.54, 1.807) is 17.9 Å². The Labute approximate surface area is 155 Å². The number of nitro benzene ring substituents is 1. The van der Waals surface area contributed by atoms with Gasteiger partial charge in [0.15, 0.2) is 0 Å². The summed E-state index contributed by atoms with van der Waals surface area (Å²) >= 11 is 0. The zero-order valence-electron chi connectivity index (χ0n) is 14.8. The number of benzene rings is 1. The molecule has 0 bridgehead atoms. The van der Waals surface area contributed by atoms with E-state index in [2.05, 4.69) is 5.32 Å². The summed E-state index contributed by atoms with van der Waals surface area (Å²) in [6.07, 6.45) is 2.89. The quantitative estimate of drug-likeness (QED) is 0.635. The normalized spacial score (nSPS) is 16.0. The smallest absolute Gasteiger partial charge is 0.269 e. The third-order valence-electron chi connectivity index (χ3n) is 4.64. The van der Waals surface area contributed by atoms with Crippen molar-refractivity contribution in [2.75, 3.05) is 31.5 Å². The standard InChI is InChI=1S/C18H20N4O5/c1-13(17(23)19-15-2-4-16(5-3-15)22(25)26)20-7-9-21(10-8-20)18(24)14-6-11-27-12-14/h2-6,11-13H,7-10H2,1H3,(H,19,23). The molecule has 0 radical (unpaired) electrons. The molecule has 2 amide bonds. The number of carbonyl (C=O) groups excluding carboxylic acids is 2. The lowest BCUT2D eigenvalue weighted by molar-refractivity contribution is -0.384. The van der Waals surface area contributed by atoms with E-state index in [-0.39, 0.29) is 23.5 Å². The van der Waals surface area contributed by atoms with Crippen molar-refractivity contribution in [3.63, 3.8) is 0 Å². The van der Waals surface area contributed by atoms with Gasteiger partial charge in [-0.1, -0.05) is 0 Å². The molecule has 142 valence electrons. The Hall–Kier alpha value is -3.20. The van der Waals surface area contributed by atoms with Gasteiger partial charge in [-0.05, 0) is 25.1 Å². The Bertz CT molecular complexity index is 811. The Morgan fingerprint density at radius 3 is 2.37 bits per heavy atom. The van der Waals surface area contributed by atoms with Crippen LogP contribution in [0.5, 0.6) is 0 Å². The van der Waals surface area contributed by atoms with Crippen LogP contribution in [0.15, 0.2) is 47.3 Å². The molecular weight excluding hydrogens is 352 g/mol. The number of non-ortho nitro benzene ring substituents is 1. The second-order valence-corrected chi connectivity index (χ2v) is 6.31. The average molecular weight is 372 g/mol. The van der Waals surface area contributed by atoms with Gasteiger partial charge in [0.25, 0.3) is 11.6 Å². The third-order valence-corrected chi connectivity index (χ3v) is 4.64. The average Bonchev–Trinajstić information content (AvgIpc) is 3.22. The highest BCUT2D eigenvalue weighted by Gasteiger charge is 2.28. The number of nitro groups is 1. The first-order valence-corrected chi connectivity index (χ1v) is 8.56. The molecule has 0 spiro atoms. The Balaban J connectivity index is 1.52. The van der Waals surface area contributed by atoms with E-state index in [0.717, 1.165) is 0 Å². The van der Waals surface area contributed by atoms with Gasteiger partial charge in [-0.3, -0.25) is 24.6 Å². The van der Waals surface area contributed by atoms with Crippen LogP contribution in [0.2, 0.25) is 0 Å². The van der Waals surface area contributed by atoms with Crippen LogP contribution in [-0.4, -0.2) is 58.8 Å². The predicted molar refractivity (Wildman–Crippen MR) is 97.4 cm³/mol. The highest BCUT2D eigenvalue weighted by Crippen LogP contribution is 2.17. The fourth-order valence-electron chi connectivity index (χ4n) is 2.96. The Morgan fingerprint density at radius 1 is 1.15 bits per heavy atom. The molecule has 0 saturated carbocycles. The van der Waals surface area contributed by atoms with E-state index in [1.807, 2.05) is 4.90 Å². The number of furan rings is 1. The largest absolute Gasteiger partial charge is 0.472 e. The van der Waals surface area contributed by atoms with Crippen LogP contribution in [0.4, 0.5) is 11.4 Å². The van der Waals surface area contributed by atoms with E-state index in [9.17, 15) is 19.7 Å². The molecule has 3 rings (SSSR count). The van der Waals surface area contributed by atoms with Crippen LogP contribution in [0.1, 0.15) is 17.3 Å². The van der Waals surface area contributed by atoms with E-state index < -0.39 is 4.92 Å². The van der Waals surface area contributed by atoms with Crippen molar-refractivity contribution in [2.24, 2.45) is 0 Å². The molecule has 1 aliphatic rings. The molecule has 1 aromatic heterocycles. The molecule has 1 fully saturated rings. The minimum Gasteiger partial charge on any atom is -0.472 e. The summed E-state index contributed by atoms with van der Waals surface area (Å²) in [6, 6.07) is 6.95. The number of hydrogen-bond donors (Lipinski definition) is 1. The second kappa shape index (κ2) is 8.00. The van der Waals surface area contributed by atoms with Gasteiger partial charge in [0.05, 0.1) is 22.8 Å². The van der Waals surface area contributed by atoms with Crippen molar-refractivity contribution in [1.82, 2.24) is 9.80 Å². The molecule has 1 saturated heterocycles. The summed E-state index contributed by atoms with van der Waals surface area (Å²) in [5.74, 6) is -0.273. The molecule has 1 N–H and O–H groups in total. The molecule has 1 unspecified atom stereocenters. The maximum Gasteiger partial charge on any atom is 0.269 e. The number of anilines is 1. The molecule has 2 heterocycles. The van der Waals surface area contributed by atoms with Crippen molar-refractivity contribution >= 4 is 23.2 Å². The van der Waals surface area contributed by atoms with Crippen LogP contribution >= 0.6 is 0 Å². The predicted octanol–water partition coefficient (Wildman–Crippen LogP) is 1.97. The fraction of sp³-hybridized carbons (Fsp3) is 0.333. The molecule has 1 aromatic carbocycles. The minimum absolute atomic E-state index is 0.0283. The van der Waals surface area contributed by atoms with Crippen molar-refractivity contribution in [3.05, 3.63) is 58.5 Å². The maximum atomic E-state index is 12.5. The molecule has 9 nitrogen and oxygen atoms in total. The maximum absolute atomic E-state index is 12.5. The molecule has 27 heavy (non-hydrogen) atoms. The Morgan fingerprint density at radius 2 is 1.81 bits per heavy atom. The van der Waals surface area contributed by atoms with Crippen molar-refractivity contribution in [2.45, 2.75) is 13.0 Å². The van der Waals surface area contributed by atoms with Crippen molar-refractivity contribution in [3.8, 4) is 0 Å². The van der Waals surface area contributed by atoms with E-state index in [4.69, 9.17) is 4.42 Å². The SMILES string of the molecule is CC(C(=O)Nc1ccc([N+](=O)[O-])cc1)N1CCN(C(=O)c2ccoc2)CC1. The number of hydrogen-bond acceptors (Lipinski definition) is 6. The van der Waals surface area contributed by atoms with Gasteiger partial charge in [-0.15, -0.1) is 0 Å². The zero-order valence-corrected chi connectivity index (χ0v) is 14.8. The second-order valence-electron chi connectivity index (χ2n) is 6.31. The van der Waals surface area contributed by atoms with Crippen LogP contribution < -0.4 is 5.32 Å². The number of rotatable bonds is 5. The number of nitrogens with one attached hydrogen (secondary N) is 1. The summed E-state index contributed by atoms with van der Waals surface area (Å²) in [5, 5.41) is 13.4. The summed E-state index contributed by atoms with van der Waals surface area (Å²) in [4.78, 5) is 38.7. The van der Waals surface area contributed by atoms with Gasteiger partial charge < -0.3 is 14.6 Å². The lowest BCUT2D eigenvalue weighted by Crippen LogP contribution is -2.54. The van der Waals surface area contributed by atoms with Gasteiger partial charge in [0.1, 0.15) is 6.26 Å². The first-order chi connectivity index (χ1) is 13.0. The summed E-state index contributed by atoms with van der Waals surface area (Å²) in [7, 11) is 0. The zero-order chi connectivity index (χ0) is 19.4. The highest BCUT2D eigenvalue weighted by molar-refractivity contribution is 5.95. The van der Waals surface area contributed by atoms with Crippen LogP contribution in [0.25, 0.3) is 0 Å². The molecule has 1 atom stereocenters. The summed E-state index contributed by atoms with van der Waals surface area (Å²) in [6.45, 7) is 4.02. The van der Waals surface area contributed by atoms with Crippen LogP contribution in [0, 0.1) is 10.1 Å². The third kappa shape index (κ3) is 4.32. The van der Waals surface area contributed by atoms with E-state index in [0.29, 0.717) is 37.4 Å². The topological polar surface area (TPSA) is 109 Å². The first-order valence-electron chi connectivity index (χ1n) is 8.56. The summed E-state index contributed by atoms with van der Waals surface area (Å²) in [5.41, 5.74) is 0.998. The number of amides is 2. The van der Waals surface area contributed by atoms with Gasteiger partial charge in [-0.25, -0.2) is 0 Å². The van der Waals surface area contributed by atoms with Gasteiger partial charge in [-0.2, -0.15) is 0 Å². The van der Waals surface area contributed by atoms with Gasteiger partial charge >= 0.3 is 0 Å². The monoisotopic (exact) mass is 372 g/mol. The fourth-order valence-corrected chi connectivity index (χ4v) is 2.96. The molecule has 0 aliphatic carbocycles. The molecule has 2 aromatic rings. The summed E-state index contributed by atoms with van der Waals surface area (Å²) < 4.78 is 4.95. The number of nitrogens with zero attached hydrogens (tertiary/aromatic N) is 3. The Kier molecular flexibility index (Phi) is 5.51. The molecule has 9 heteroatoms. The lowest BCUT2D eigenvalue weighted by atomic mass is 10.2. The highest BCUT2D eigenvalue weighted by atomic mass is 16.6. The van der Waals surface area contributed by atoms with Gasteiger partial charge in [0, 0.05) is 44.0 Å². The van der Waals surface area contributed by atoms with E-state index >= 15 is 0 Å².